The van der Waals surface area contributed by atoms with Gasteiger partial charge in [-0.3, -0.25) is 4.40 Å². The molecule has 3 nitrogen and oxygen atoms in total. The van der Waals surface area contributed by atoms with Crippen molar-refractivity contribution >= 4 is 5.52 Å². The second-order valence-electron chi connectivity index (χ2n) is 3.49. The van der Waals surface area contributed by atoms with Gasteiger partial charge >= 0.3 is 6.18 Å². The minimum Gasteiger partial charge on any atom is -0.325 e. The summed E-state index contributed by atoms with van der Waals surface area (Å²) in [5, 5.41) is 0. The average Bonchev–Trinajstić information content (AvgIpc) is 2.57. The molecule has 0 aromatic carbocycles. The highest BCUT2D eigenvalue weighted by molar-refractivity contribution is 5.59. The number of pyridine rings is 1. The minimum absolute atomic E-state index is 0.00949. The zero-order valence-electron chi connectivity index (χ0n) is 8.54. The van der Waals surface area contributed by atoms with Crippen molar-refractivity contribution in [2.45, 2.75) is 19.6 Å². The summed E-state index contributed by atoms with van der Waals surface area (Å²) >= 11 is 0. The lowest BCUT2D eigenvalue weighted by molar-refractivity contribution is -0.145. The number of imidazole rings is 1. The third-order valence-electron chi connectivity index (χ3n) is 2.39. The lowest BCUT2D eigenvalue weighted by atomic mass is 10.2. The monoisotopic (exact) mass is 229 g/mol. The molecule has 2 heterocycles. The van der Waals surface area contributed by atoms with E-state index in [1.54, 1.807) is 19.1 Å². The van der Waals surface area contributed by atoms with Crippen LogP contribution in [0, 0.1) is 6.92 Å². The first-order chi connectivity index (χ1) is 7.45. The predicted molar refractivity (Wildman–Crippen MR) is 52.8 cm³/mol. The molecule has 0 bridgehead atoms. The number of nitrogens with two attached hydrogens (primary N) is 1. The third-order valence-corrected chi connectivity index (χ3v) is 2.39. The highest BCUT2D eigenvalue weighted by atomic mass is 19.4. The summed E-state index contributed by atoms with van der Waals surface area (Å²) in [7, 11) is 0. The van der Waals surface area contributed by atoms with E-state index in [1.165, 1.54) is 6.20 Å². The van der Waals surface area contributed by atoms with E-state index in [0.29, 0.717) is 5.52 Å². The highest BCUT2D eigenvalue weighted by Gasteiger charge is 2.37. The Labute approximate surface area is 89.7 Å². The lowest BCUT2D eigenvalue weighted by Gasteiger charge is -2.05. The number of rotatable bonds is 1. The Morgan fingerprint density at radius 2 is 2.12 bits per heavy atom. The Balaban J connectivity index is 2.84. The molecule has 2 aromatic heterocycles. The Morgan fingerprint density at radius 1 is 1.44 bits per heavy atom. The van der Waals surface area contributed by atoms with Crippen molar-refractivity contribution in [1.82, 2.24) is 9.38 Å². The van der Waals surface area contributed by atoms with Gasteiger partial charge in [-0.15, -0.1) is 0 Å². The molecule has 2 N–H and O–H groups in total. The molecular weight excluding hydrogens is 219 g/mol. The van der Waals surface area contributed by atoms with Crippen molar-refractivity contribution in [2.75, 3.05) is 0 Å². The zero-order chi connectivity index (χ0) is 11.9. The first kappa shape index (κ1) is 10.9. The van der Waals surface area contributed by atoms with E-state index < -0.39 is 12.0 Å². The summed E-state index contributed by atoms with van der Waals surface area (Å²) in [6, 6.07) is 3.29. The van der Waals surface area contributed by atoms with Crippen LogP contribution in [-0.2, 0) is 12.7 Å². The first-order valence-electron chi connectivity index (χ1n) is 4.69. The molecule has 0 aliphatic carbocycles. The molecule has 0 saturated heterocycles. The number of hydrogen-bond donors (Lipinski definition) is 1. The molecule has 0 atom stereocenters. The fourth-order valence-corrected chi connectivity index (χ4v) is 1.74. The van der Waals surface area contributed by atoms with Crippen LogP contribution in [-0.4, -0.2) is 9.38 Å². The molecule has 0 aliphatic rings. The van der Waals surface area contributed by atoms with E-state index in [2.05, 4.69) is 4.98 Å². The first-order valence-corrected chi connectivity index (χ1v) is 4.69. The smallest absolute Gasteiger partial charge is 0.325 e. The molecule has 2 aromatic rings. The number of hydrogen-bond acceptors (Lipinski definition) is 2. The fourth-order valence-electron chi connectivity index (χ4n) is 1.74. The van der Waals surface area contributed by atoms with Gasteiger partial charge in [0, 0.05) is 12.7 Å². The number of nitrogens with zero attached hydrogens (tertiary/aromatic N) is 2. The third kappa shape index (κ3) is 1.55. The van der Waals surface area contributed by atoms with Gasteiger partial charge in [0.25, 0.3) is 0 Å². The fraction of sp³-hybridized carbons (Fsp3) is 0.300. The van der Waals surface area contributed by atoms with Crippen LogP contribution >= 0.6 is 0 Å². The standard InChI is InChI=1S/C10H10F3N3/c1-6-3-2-4-16-8(6)7(5-14)15-9(16)10(11,12)13/h2-4H,5,14H2,1H3. The number of fused-ring (bicyclic) bond motifs is 1. The SMILES string of the molecule is Cc1cccn2c(C(F)(F)F)nc(CN)c12. The van der Waals surface area contributed by atoms with Gasteiger partial charge in [0.2, 0.25) is 5.82 Å². The summed E-state index contributed by atoms with van der Waals surface area (Å²) in [5.74, 6) is -0.924. The van der Waals surface area contributed by atoms with Gasteiger partial charge in [-0.2, -0.15) is 13.2 Å². The van der Waals surface area contributed by atoms with Crippen LogP contribution in [0.2, 0.25) is 0 Å². The largest absolute Gasteiger partial charge is 0.450 e. The molecule has 0 saturated carbocycles. The Bertz CT molecular complexity index is 528. The van der Waals surface area contributed by atoms with Crippen molar-refractivity contribution in [3.05, 3.63) is 35.4 Å². The molecule has 0 spiro atoms. The summed E-state index contributed by atoms with van der Waals surface area (Å²) in [6.45, 7) is 1.72. The van der Waals surface area contributed by atoms with Crippen molar-refractivity contribution in [3.8, 4) is 0 Å². The number of aryl methyl sites for hydroxylation is 1. The number of alkyl halides is 3. The van der Waals surface area contributed by atoms with Gasteiger partial charge < -0.3 is 5.73 Å². The van der Waals surface area contributed by atoms with E-state index >= 15 is 0 Å². The van der Waals surface area contributed by atoms with Gasteiger partial charge in [-0.25, -0.2) is 4.98 Å². The minimum atomic E-state index is -4.47. The summed E-state index contributed by atoms with van der Waals surface area (Å²) < 4.78 is 39.1. The van der Waals surface area contributed by atoms with Crippen LogP contribution in [0.1, 0.15) is 17.1 Å². The van der Waals surface area contributed by atoms with E-state index in [9.17, 15) is 13.2 Å². The normalized spacial score (nSPS) is 12.3. The van der Waals surface area contributed by atoms with E-state index in [-0.39, 0.29) is 12.2 Å². The van der Waals surface area contributed by atoms with Crippen LogP contribution in [0.25, 0.3) is 5.52 Å². The Morgan fingerprint density at radius 3 is 2.69 bits per heavy atom. The molecule has 0 aliphatic heterocycles. The number of halogens is 3. The van der Waals surface area contributed by atoms with Crippen LogP contribution < -0.4 is 5.73 Å². The van der Waals surface area contributed by atoms with E-state index in [1.807, 2.05) is 0 Å². The molecule has 0 radical (unpaired) electrons. The van der Waals surface area contributed by atoms with Crippen LogP contribution in [0.3, 0.4) is 0 Å². The molecule has 0 amide bonds. The lowest BCUT2D eigenvalue weighted by Crippen LogP contribution is -2.10. The number of aromatic nitrogens is 2. The maximum absolute atomic E-state index is 12.7. The van der Waals surface area contributed by atoms with Crippen LogP contribution in [0.5, 0.6) is 0 Å². The summed E-state index contributed by atoms with van der Waals surface area (Å²) in [4.78, 5) is 3.55. The van der Waals surface area contributed by atoms with Gasteiger partial charge in [0.05, 0.1) is 11.2 Å². The van der Waals surface area contributed by atoms with Crippen molar-refractivity contribution in [3.63, 3.8) is 0 Å². The summed E-state index contributed by atoms with van der Waals surface area (Å²) in [6.07, 6.45) is -3.12. The molecule has 2 rings (SSSR count). The maximum atomic E-state index is 12.7. The van der Waals surface area contributed by atoms with Gasteiger partial charge in [0.15, 0.2) is 0 Å². The van der Waals surface area contributed by atoms with Crippen LogP contribution in [0.15, 0.2) is 18.3 Å². The quantitative estimate of drug-likeness (QED) is 0.813. The molecule has 86 valence electrons. The topological polar surface area (TPSA) is 43.3 Å². The van der Waals surface area contributed by atoms with E-state index in [4.69, 9.17) is 5.73 Å². The summed E-state index contributed by atoms with van der Waals surface area (Å²) in [5.41, 5.74) is 6.84. The van der Waals surface area contributed by atoms with Crippen molar-refractivity contribution in [1.29, 1.82) is 0 Å². The van der Waals surface area contributed by atoms with Gasteiger partial charge in [-0.1, -0.05) is 6.07 Å². The second kappa shape index (κ2) is 3.48. The van der Waals surface area contributed by atoms with Crippen molar-refractivity contribution in [2.24, 2.45) is 5.73 Å². The predicted octanol–water partition coefficient (Wildman–Crippen LogP) is 2.12. The van der Waals surface area contributed by atoms with Crippen molar-refractivity contribution < 1.29 is 13.2 Å². The molecule has 6 heteroatoms. The van der Waals surface area contributed by atoms with Crippen LogP contribution in [0.4, 0.5) is 13.2 Å². The Kier molecular flexibility index (Phi) is 2.38. The Hall–Kier alpha value is -1.56. The van der Waals surface area contributed by atoms with Gasteiger partial charge in [-0.05, 0) is 18.6 Å². The molecule has 16 heavy (non-hydrogen) atoms. The molecule has 0 fully saturated rings. The molecule has 0 unspecified atom stereocenters. The molecular formula is C10H10F3N3. The zero-order valence-corrected chi connectivity index (χ0v) is 8.54. The van der Waals surface area contributed by atoms with E-state index in [0.717, 1.165) is 9.96 Å². The van der Waals surface area contributed by atoms with Gasteiger partial charge in [0.1, 0.15) is 0 Å². The average molecular weight is 229 g/mol. The second-order valence-corrected chi connectivity index (χ2v) is 3.49. The highest BCUT2D eigenvalue weighted by Crippen LogP contribution is 2.30. The maximum Gasteiger partial charge on any atom is 0.450 e.